The van der Waals surface area contributed by atoms with Crippen molar-refractivity contribution in [3.05, 3.63) is 76.1 Å². The van der Waals surface area contributed by atoms with Crippen LogP contribution in [0.3, 0.4) is 0 Å². The molecule has 0 saturated carbocycles. The third kappa shape index (κ3) is 5.37. The van der Waals surface area contributed by atoms with Crippen molar-refractivity contribution in [1.82, 2.24) is 10.3 Å². The number of aromatic nitrogens is 1. The average molecular weight is 401 g/mol. The average Bonchev–Trinajstić information content (AvgIpc) is 3.18. The van der Waals surface area contributed by atoms with E-state index in [0.717, 1.165) is 21.4 Å². The molecule has 2 aromatic heterocycles. The van der Waals surface area contributed by atoms with Crippen LogP contribution in [0.5, 0.6) is 0 Å². The fraction of sp³-hybridized carbons (Fsp3) is 0.200. The van der Waals surface area contributed by atoms with Gasteiger partial charge in [-0.05, 0) is 42.1 Å². The number of carbonyl (C=O) groups excluding carboxylic acids is 1. The molecule has 1 amide bonds. The Hall–Kier alpha value is -1.76. The Labute approximate surface area is 166 Å². The van der Waals surface area contributed by atoms with Crippen molar-refractivity contribution in [3.63, 3.8) is 0 Å². The van der Waals surface area contributed by atoms with E-state index in [4.69, 9.17) is 0 Å². The van der Waals surface area contributed by atoms with Gasteiger partial charge in [0, 0.05) is 27.5 Å². The molecule has 0 atom stereocenters. The number of aryl methyl sites for hydroxylation is 1. The fourth-order valence-electron chi connectivity index (χ4n) is 2.36. The van der Waals surface area contributed by atoms with Gasteiger partial charge in [-0.25, -0.2) is 4.98 Å². The van der Waals surface area contributed by atoms with Crippen LogP contribution in [0.25, 0.3) is 0 Å². The molecule has 0 aliphatic rings. The first-order chi connectivity index (χ1) is 12.7. The molecule has 2 heterocycles. The van der Waals surface area contributed by atoms with Crippen LogP contribution in [0.4, 0.5) is 0 Å². The number of thioether (sulfide) groups is 2. The maximum atomic E-state index is 12.5. The van der Waals surface area contributed by atoms with Gasteiger partial charge in [0.05, 0.1) is 12.1 Å². The summed E-state index contributed by atoms with van der Waals surface area (Å²) in [6.45, 7) is 2.68. The highest BCUT2D eigenvalue weighted by Gasteiger charge is 2.12. The molecule has 0 bridgehead atoms. The van der Waals surface area contributed by atoms with Crippen LogP contribution < -0.4 is 5.32 Å². The predicted octanol–water partition coefficient (Wildman–Crippen LogP) is 5.27. The van der Waals surface area contributed by atoms with Gasteiger partial charge in [-0.15, -0.1) is 34.9 Å². The summed E-state index contributed by atoms with van der Waals surface area (Å²) in [5, 5.41) is 5.78. The minimum atomic E-state index is -0.0689. The number of carbonyl (C=O) groups is 1. The van der Waals surface area contributed by atoms with Gasteiger partial charge in [-0.3, -0.25) is 4.79 Å². The van der Waals surface area contributed by atoms with E-state index in [9.17, 15) is 4.79 Å². The van der Waals surface area contributed by atoms with Gasteiger partial charge in [-0.2, -0.15) is 0 Å². The monoisotopic (exact) mass is 400 g/mol. The lowest BCUT2D eigenvalue weighted by Crippen LogP contribution is -2.23. The van der Waals surface area contributed by atoms with Crippen molar-refractivity contribution in [3.8, 4) is 0 Å². The highest BCUT2D eigenvalue weighted by atomic mass is 32.2. The molecule has 0 spiro atoms. The molecule has 26 heavy (non-hydrogen) atoms. The van der Waals surface area contributed by atoms with E-state index in [1.54, 1.807) is 29.3 Å². The van der Waals surface area contributed by atoms with Crippen LogP contribution in [0.1, 0.15) is 20.8 Å². The van der Waals surface area contributed by atoms with Crippen LogP contribution >= 0.6 is 34.9 Å². The third-order valence-corrected chi connectivity index (χ3v) is 7.01. The maximum Gasteiger partial charge on any atom is 0.254 e. The van der Waals surface area contributed by atoms with Gasteiger partial charge >= 0.3 is 0 Å². The zero-order valence-electron chi connectivity index (χ0n) is 14.5. The van der Waals surface area contributed by atoms with Gasteiger partial charge in [0.2, 0.25) is 0 Å². The third-order valence-electron chi connectivity index (χ3n) is 3.69. The number of nitrogens with one attached hydrogen (secondary N) is 1. The normalized spacial score (nSPS) is 10.7. The first-order valence-electron chi connectivity index (χ1n) is 8.31. The van der Waals surface area contributed by atoms with Crippen molar-refractivity contribution in [2.45, 2.75) is 23.4 Å². The van der Waals surface area contributed by atoms with Crippen LogP contribution in [-0.2, 0) is 6.54 Å². The van der Waals surface area contributed by atoms with Crippen molar-refractivity contribution in [1.29, 1.82) is 0 Å². The Bertz CT molecular complexity index is 850. The second-order valence-corrected chi connectivity index (χ2v) is 8.83. The van der Waals surface area contributed by atoms with Gasteiger partial charge < -0.3 is 5.32 Å². The van der Waals surface area contributed by atoms with E-state index in [1.807, 2.05) is 41.4 Å². The smallest absolute Gasteiger partial charge is 0.254 e. The molecule has 134 valence electrons. The summed E-state index contributed by atoms with van der Waals surface area (Å²) >= 11 is 5.12. The Balaban J connectivity index is 1.53. The molecule has 0 unspecified atom stereocenters. The number of pyridine rings is 1. The van der Waals surface area contributed by atoms with Crippen LogP contribution in [0.15, 0.2) is 70.0 Å². The summed E-state index contributed by atoms with van der Waals surface area (Å²) in [7, 11) is 0. The molecule has 0 fully saturated rings. The molecule has 3 nitrogen and oxygen atoms in total. The van der Waals surface area contributed by atoms with E-state index in [2.05, 4.69) is 41.5 Å². The van der Waals surface area contributed by atoms with E-state index >= 15 is 0 Å². The number of hydrogen-bond donors (Lipinski definition) is 1. The first kappa shape index (κ1) is 19.0. The molecule has 0 aliphatic carbocycles. The molecule has 0 saturated heterocycles. The molecule has 0 radical (unpaired) electrons. The van der Waals surface area contributed by atoms with Gasteiger partial charge in [0.15, 0.2) is 0 Å². The topological polar surface area (TPSA) is 42.0 Å². The number of thiophene rings is 1. The number of nitrogens with zero attached hydrogens (tertiary/aromatic N) is 1. The first-order valence-corrected chi connectivity index (χ1v) is 11.2. The molecular formula is C20H20N2OS3. The Morgan fingerprint density at radius 1 is 1.08 bits per heavy atom. The fourth-order valence-corrected chi connectivity index (χ4v) is 5.01. The minimum Gasteiger partial charge on any atom is -0.347 e. The van der Waals surface area contributed by atoms with Crippen molar-refractivity contribution >= 4 is 40.8 Å². The number of hydrogen-bond acceptors (Lipinski definition) is 5. The van der Waals surface area contributed by atoms with E-state index < -0.39 is 0 Å². The molecule has 0 aliphatic heterocycles. The molecule has 3 rings (SSSR count). The summed E-state index contributed by atoms with van der Waals surface area (Å²) in [6.07, 6.45) is 1.74. The van der Waals surface area contributed by atoms with Crippen molar-refractivity contribution in [2.24, 2.45) is 0 Å². The Morgan fingerprint density at radius 2 is 1.92 bits per heavy atom. The molecular weight excluding hydrogens is 380 g/mol. The van der Waals surface area contributed by atoms with Crippen LogP contribution in [-0.4, -0.2) is 22.4 Å². The second kappa shape index (κ2) is 9.80. The highest BCUT2D eigenvalue weighted by Crippen LogP contribution is 2.26. The molecule has 3 aromatic rings. The lowest BCUT2D eigenvalue weighted by molar-refractivity contribution is 0.0947. The van der Waals surface area contributed by atoms with Crippen LogP contribution in [0, 0.1) is 6.92 Å². The Morgan fingerprint density at radius 3 is 2.73 bits per heavy atom. The van der Waals surface area contributed by atoms with E-state index in [-0.39, 0.29) is 5.91 Å². The molecule has 1 N–H and O–H groups in total. The summed E-state index contributed by atoms with van der Waals surface area (Å²) < 4.78 is 0. The summed E-state index contributed by atoms with van der Waals surface area (Å²) in [5.74, 6) is 1.81. The lowest BCUT2D eigenvalue weighted by atomic mass is 10.2. The lowest BCUT2D eigenvalue weighted by Gasteiger charge is -2.09. The molecule has 6 heteroatoms. The number of rotatable bonds is 8. The van der Waals surface area contributed by atoms with Gasteiger partial charge in [0.25, 0.3) is 5.91 Å². The van der Waals surface area contributed by atoms with Gasteiger partial charge in [-0.1, -0.05) is 24.3 Å². The van der Waals surface area contributed by atoms with E-state index in [1.165, 1.54) is 10.5 Å². The SMILES string of the molecule is Cc1ccccc1SCCSc1ncccc1C(=O)NCc1cccs1. The zero-order valence-corrected chi connectivity index (χ0v) is 16.9. The largest absolute Gasteiger partial charge is 0.347 e. The van der Waals surface area contributed by atoms with Crippen molar-refractivity contribution in [2.75, 3.05) is 11.5 Å². The predicted molar refractivity (Wildman–Crippen MR) is 112 cm³/mol. The Kier molecular flexibility index (Phi) is 7.17. The van der Waals surface area contributed by atoms with Gasteiger partial charge in [0.1, 0.15) is 5.03 Å². The van der Waals surface area contributed by atoms with Crippen LogP contribution in [0.2, 0.25) is 0 Å². The van der Waals surface area contributed by atoms with E-state index in [0.29, 0.717) is 12.1 Å². The zero-order chi connectivity index (χ0) is 18.2. The summed E-state index contributed by atoms with van der Waals surface area (Å²) in [5.41, 5.74) is 1.95. The number of amides is 1. The minimum absolute atomic E-state index is 0.0689. The standard InChI is InChI=1S/C20H20N2OS3/c1-15-6-2-3-9-18(15)25-12-13-26-20-17(8-4-10-21-20)19(23)22-14-16-7-5-11-24-16/h2-11H,12-14H2,1H3,(H,22,23). The summed E-state index contributed by atoms with van der Waals surface area (Å²) in [6, 6.07) is 16.1. The quantitative estimate of drug-likeness (QED) is 0.413. The second-order valence-electron chi connectivity index (χ2n) is 5.58. The maximum absolute atomic E-state index is 12.5. The number of benzene rings is 1. The highest BCUT2D eigenvalue weighted by molar-refractivity contribution is 8.03. The summed E-state index contributed by atoms with van der Waals surface area (Å²) in [4.78, 5) is 19.3. The van der Waals surface area contributed by atoms with Crippen molar-refractivity contribution < 1.29 is 4.79 Å². The molecule has 1 aromatic carbocycles.